The molecule has 1 saturated carbocycles. The molecule has 2 aromatic carbocycles. The lowest BCUT2D eigenvalue weighted by Gasteiger charge is -2.30. The maximum absolute atomic E-state index is 15.1. The van der Waals surface area contributed by atoms with Crippen molar-refractivity contribution in [2.45, 2.75) is 70.5 Å². The number of hydrogen-bond acceptors (Lipinski definition) is 5. The molecule has 1 N–H and O–H groups in total. The normalized spacial score (nSPS) is 18.4. The highest BCUT2D eigenvalue weighted by molar-refractivity contribution is 6.04. The van der Waals surface area contributed by atoms with Crippen molar-refractivity contribution in [3.63, 3.8) is 0 Å². The maximum atomic E-state index is 15.1. The molecule has 0 atom stereocenters. The number of hydrogen-bond donors (Lipinski definition) is 1. The van der Waals surface area contributed by atoms with Crippen LogP contribution in [-0.4, -0.2) is 21.7 Å². The Hall–Kier alpha value is -3.87. The Morgan fingerprint density at radius 3 is 2.23 bits per heavy atom. The van der Waals surface area contributed by atoms with Crippen LogP contribution in [-0.2, 0) is 9.47 Å². The van der Waals surface area contributed by atoms with Gasteiger partial charge in [0.2, 0.25) is 5.43 Å². The molecular formula is C30H29F2N3O4. The highest BCUT2D eigenvalue weighted by atomic mass is 19.1. The van der Waals surface area contributed by atoms with Crippen LogP contribution < -0.4 is 10.7 Å². The van der Waals surface area contributed by atoms with E-state index in [4.69, 9.17) is 9.47 Å². The number of nitrogens with one attached hydrogen (secondary N) is 1. The topological polar surface area (TPSA) is 93.4 Å². The van der Waals surface area contributed by atoms with Crippen LogP contribution in [0.3, 0.4) is 0 Å². The Morgan fingerprint density at radius 2 is 1.69 bits per heavy atom. The third-order valence-corrected chi connectivity index (χ3v) is 7.95. The van der Waals surface area contributed by atoms with E-state index in [1.165, 1.54) is 42.6 Å². The van der Waals surface area contributed by atoms with Crippen LogP contribution in [0, 0.1) is 23.0 Å². The van der Waals surface area contributed by atoms with Crippen LogP contribution in [0.1, 0.15) is 80.9 Å². The van der Waals surface area contributed by atoms with Gasteiger partial charge in [-0.3, -0.25) is 9.59 Å². The lowest BCUT2D eigenvalue weighted by atomic mass is 9.90. The zero-order valence-corrected chi connectivity index (χ0v) is 22.2. The summed E-state index contributed by atoms with van der Waals surface area (Å²) in [6.07, 6.45) is 3.04. The molecule has 7 nitrogen and oxygen atoms in total. The highest BCUT2D eigenvalue weighted by Crippen LogP contribution is 2.45. The summed E-state index contributed by atoms with van der Waals surface area (Å²) < 4.78 is 42.2. The molecule has 0 unspecified atom stereocenters. The first-order valence-corrected chi connectivity index (χ1v) is 12.8. The van der Waals surface area contributed by atoms with Gasteiger partial charge in [0.25, 0.3) is 5.91 Å². The van der Waals surface area contributed by atoms with E-state index in [0.717, 1.165) is 25.3 Å². The summed E-state index contributed by atoms with van der Waals surface area (Å²) in [5, 5.41) is 12.5. The van der Waals surface area contributed by atoms with Crippen molar-refractivity contribution in [3.05, 3.63) is 87.3 Å². The number of amides is 1. The van der Waals surface area contributed by atoms with E-state index < -0.39 is 40.5 Å². The number of benzene rings is 2. The predicted octanol–water partition coefficient (Wildman–Crippen LogP) is 6.25. The Morgan fingerprint density at radius 1 is 1.05 bits per heavy atom. The molecule has 1 amide bonds. The summed E-state index contributed by atoms with van der Waals surface area (Å²) in [5.41, 5.74) is -1.35. The van der Waals surface area contributed by atoms with Gasteiger partial charge in [0.05, 0.1) is 16.8 Å². The van der Waals surface area contributed by atoms with Crippen molar-refractivity contribution in [1.82, 2.24) is 4.57 Å². The molecule has 0 radical (unpaired) electrons. The van der Waals surface area contributed by atoms with E-state index in [9.17, 15) is 19.2 Å². The first-order valence-electron chi connectivity index (χ1n) is 12.8. The average molecular weight is 534 g/mol. The van der Waals surface area contributed by atoms with E-state index in [0.29, 0.717) is 5.56 Å². The number of nitrogens with zero attached hydrogens (tertiary/aromatic N) is 2. The fraction of sp³-hybridized carbons (Fsp3) is 0.367. The standard InChI is InChI=1S/C30H29F2N3O4/c1-29(2)30(3,4)39-28(38-29)21-13-12-19(14-23(21)32)34-27(37)22-16-35(20-6-5-7-20)24(15-33)25(26(22)36)17-8-10-18(31)11-9-17/h8-14,16,20,28H,5-7H2,1-4H3,(H,34,37). The quantitative estimate of drug-likeness (QED) is 0.419. The lowest BCUT2D eigenvalue weighted by molar-refractivity contribution is -0.0914. The molecular weight excluding hydrogens is 504 g/mol. The summed E-state index contributed by atoms with van der Waals surface area (Å²) >= 11 is 0. The van der Waals surface area contributed by atoms with Crippen molar-refractivity contribution in [2.75, 3.05) is 5.32 Å². The Labute approximate surface area is 225 Å². The van der Waals surface area contributed by atoms with Crippen molar-refractivity contribution in [2.24, 2.45) is 0 Å². The smallest absolute Gasteiger partial charge is 0.261 e. The van der Waals surface area contributed by atoms with Crippen LogP contribution in [0.25, 0.3) is 11.1 Å². The van der Waals surface area contributed by atoms with Gasteiger partial charge in [-0.05, 0) is 82.9 Å². The van der Waals surface area contributed by atoms with Gasteiger partial charge in [0.15, 0.2) is 6.29 Å². The monoisotopic (exact) mass is 533 g/mol. The van der Waals surface area contributed by atoms with E-state index in [1.54, 1.807) is 4.57 Å². The van der Waals surface area contributed by atoms with Crippen molar-refractivity contribution < 1.29 is 23.0 Å². The fourth-order valence-electron chi connectivity index (χ4n) is 4.71. The number of nitriles is 1. The number of aromatic nitrogens is 1. The molecule has 1 saturated heterocycles. The SMILES string of the molecule is CC1(C)OC(c2ccc(NC(=O)c3cn(C4CCC4)c(C#N)c(-c4ccc(F)cc4)c3=O)cc2F)OC1(C)C. The number of ether oxygens (including phenoxy) is 2. The predicted molar refractivity (Wildman–Crippen MR) is 141 cm³/mol. The van der Waals surface area contributed by atoms with Gasteiger partial charge in [-0.1, -0.05) is 12.1 Å². The van der Waals surface area contributed by atoms with Gasteiger partial charge < -0.3 is 19.4 Å². The lowest BCUT2D eigenvalue weighted by Crippen LogP contribution is -2.41. The molecule has 5 rings (SSSR count). The number of carbonyl (C=O) groups is 1. The number of carbonyl (C=O) groups excluding carboxylic acids is 1. The molecule has 39 heavy (non-hydrogen) atoms. The van der Waals surface area contributed by atoms with Gasteiger partial charge in [0.1, 0.15) is 29.0 Å². The van der Waals surface area contributed by atoms with E-state index in [-0.39, 0.29) is 34.1 Å². The highest BCUT2D eigenvalue weighted by Gasteiger charge is 2.50. The molecule has 2 aliphatic rings. The largest absolute Gasteiger partial charge is 0.339 e. The van der Waals surface area contributed by atoms with Crippen molar-refractivity contribution in [1.29, 1.82) is 5.26 Å². The number of anilines is 1. The zero-order valence-electron chi connectivity index (χ0n) is 22.2. The van der Waals surface area contributed by atoms with Crippen LogP contribution in [0.5, 0.6) is 0 Å². The van der Waals surface area contributed by atoms with Gasteiger partial charge >= 0.3 is 0 Å². The number of halogens is 2. The van der Waals surface area contributed by atoms with Gasteiger partial charge in [-0.25, -0.2) is 8.78 Å². The second kappa shape index (κ2) is 9.70. The molecule has 2 fully saturated rings. The molecule has 1 aromatic heterocycles. The molecule has 3 aromatic rings. The van der Waals surface area contributed by atoms with E-state index in [2.05, 4.69) is 11.4 Å². The van der Waals surface area contributed by atoms with Gasteiger partial charge in [-0.2, -0.15) is 5.26 Å². The number of pyridine rings is 1. The van der Waals surface area contributed by atoms with Crippen LogP contribution in [0.2, 0.25) is 0 Å². The van der Waals surface area contributed by atoms with Gasteiger partial charge in [-0.15, -0.1) is 0 Å². The van der Waals surface area contributed by atoms with Gasteiger partial charge in [0, 0.05) is 23.5 Å². The second-order valence-corrected chi connectivity index (χ2v) is 11.0. The number of rotatable bonds is 5. The Balaban J connectivity index is 1.49. The second-order valence-electron chi connectivity index (χ2n) is 11.0. The molecule has 1 aliphatic carbocycles. The molecule has 2 heterocycles. The van der Waals surface area contributed by atoms with Crippen molar-refractivity contribution >= 4 is 11.6 Å². The zero-order chi connectivity index (χ0) is 28.1. The summed E-state index contributed by atoms with van der Waals surface area (Å²) in [6.45, 7) is 7.47. The Kier molecular flexibility index (Phi) is 6.65. The van der Waals surface area contributed by atoms with E-state index >= 15 is 4.39 Å². The maximum Gasteiger partial charge on any atom is 0.261 e. The fourth-order valence-corrected chi connectivity index (χ4v) is 4.71. The van der Waals surface area contributed by atoms with Crippen LogP contribution in [0.15, 0.2) is 53.5 Å². The van der Waals surface area contributed by atoms with Crippen LogP contribution >= 0.6 is 0 Å². The van der Waals surface area contributed by atoms with Crippen molar-refractivity contribution in [3.8, 4) is 17.2 Å². The van der Waals surface area contributed by atoms with E-state index in [1.807, 2.05) is 27.7 Å². The molecule has 0 bridgehead atoms. The summed E-state index contributed by atoms with van der Waals surface area (Å²) in [6, 6.07) is 11.4. The third-order valence-electron chi connectivity index (χ3n) is 7.95. The molecule has 0 spiro atoms. The minimum Gasteiger partial charge on any atom is -0.339 e. The Bertz CT molecular complexity index is 1530. The molecule has 1 aliphatic heterocycles. The first-order chi connectivity index (χ1) is 18.4. The first kappa shape index (κ1) is 26.7. The minimum absolute atomic E-state index is 0.0272. The summed E-state index contributed by atoms with van der Waals surface area (Å²) in [4.78, 5) is 26.9. The average Bonchev–Trinajstić information content (AvgIpc) is 3.05. The molecule has 9 heteroatoms. The minimum atomic E-state index is -0.911. The molecule has 202 valence electrons. The third kappa shape index (κ3) is 4.75. The van der Waals surface area contributed by atoms with Crippen LogP contribution in [0.4, 0.5) is 14.5 Å². The summed E-state index contributed by atoms with van der Waals surface area (Å²) in [7, 11) is 0. The summed E-state index contributed by atoms with van der Waals surface area (Å²) in [5.74, 6) is -1.87.